The highest BCUT2D eigenvalue weighted by Gasteiger charge is 2.34. The Morgan fingerprint density at radius 1 is 0.895 bits per heavy atom. The standard InChI is InChI=1S/C17H27OP/c1-14-12-13-18-17(14)19(15-8-4-2-5-9-15)16-10-6-3-7-11-16/h12-13,15-16H,2-11H2,1H3. The van der Waals surface area contributed by atoms with E-state index in [4.69, 9.17) is 4.42 Å². The number of hydrogen-bond donors (Lipinski definition) is 0. The maximum absolute atomic E-state index is 5.96. The minimum Gasteiger partial charge on any atom is -0.464 e. The maximum Gasteiger partial charge on any atom is 0.128 e. The highest BCUT2D eigenvalue weighted by molar-refractivity contribution is 7.66. The van der Waals surface area contributed by atoms with Gasteiger partial charge in [-0.25, -0.2) is 0 Å². The summed E-state index contributed by atoms with van der Waals surface area (Å²) in [4.78, 5) is 0. The van der Waals surface area contributed by atoms with Crippen LogP contribution in [0.5, 0.6) is 0 Å². The summed E-state index contributed by atoms with van der Waals surface area (Å²) in [6, 6.07) is 2.18. The molecule has 19 heavy (non-hydrogen) atoms. The normalized spacial score (nSPS) is 23.1. The van der Waals surface area contributed by atoms with Crippen molar-refractivity contribution in [3.05, 3.63) is 17.9 Å². The van der Waals surface area contributed by atoms with Crippen LogP contribution >= 0.6 is 7.92 Å². The first-order chi connectivity index (χ1) is 9.36. The summed E-state index contributed by atoms with van der Waals surface area (Å²) >= 11 is 0. The topological polar surface area (TPSA) is 13.1 Å². The molecular weight excluding hydrogens is 251 g/mol. The number of aryl methyl sites for hydroxylation is 1. The van der Waals surface area contributed by atoms with Gasteiger partial charge in [-0.2, -0.15) is 0 Å². The highest BCUT2D eigenvalue weighted by Crippen LogP contribution is 2.55. The van der Waals surface area contributed by atoms with E-state index in [1.54, 1.807) is 0 Å². The first kappa shape index (κ1) is 13.7. The van der Waals surface area contributed by atoms with Gasteiger partial charge in [0.2, 0.25) is 0 Å². The Balaban J connectivity index is 1.83. The highest BCUT2D eigenvalue weighted by atomic mass is 31.1. The van der Waals surface area contributed by atoms with Crippen molar-refractivity contribution in [2.75, 3.05) is 0 Å². The Kier molecular flexibility index (Phi) is 4.64. The minimum absolute atomic E-state index is 0.0426. The van der Waals surface area contributed by atoms with E-state index in [-0.39, 0.29) is 7.92 Å². The second-order valence-corrected chi connectivity index (χ2v) is 9.08. The first-order valence-corrected chi connectivity index (χ1v) is 9.66. The summed E-state index contributed by atoms with van der Waals surface area (Å²) in [6.45, 7) is 2.25. The van der Waals surface area contributed by atoms with Crippen LogP contribution in [0.3, 0.4) is 0 Å². The lowest BCUT2D eigenvalue weighted by Crippen LogP contribution is -2.26. The molecule has 0 radical (unpaired) electrons. The van der Waals surface area contributed by atoms with Crippen LogP contribution in [-0.4, -0.2) is 11.3 Å². The van der Waals surface area contributed by atoms with Gasteiger partial charge in [0.15, 0.2) is 0 Å². The fourth-order valence-electron chi connectivity index (χ4n) is 3.98. The van der Waals surface area contributed by atoms with E-state index in [0.29, 0.717) is 0 Å². The summed E-state index contributed by atoms with van der Waals surface area (Å²) in [5, 5.41) is 0. The van der Waals surface area contributed by atoms with Crippen molar-refractivity contribution in [2.45, 2.75) is 82.4 Å². The molecule has 1 aromatic rings. The minimum atomic E-state index is -0.0426. The molecule has 0 saturated heterocycles. The Morgan fingerprint density at radius 2 is 1.42 bits per heavy atom. The second-order valence-electron chi connectivity index (χ2n) is 6.40. The molecule has 0 spiro atoms. The molecule has 0 amide bonds. The van der Waals surface area contributed by atoms with E-state index in [1.165, 1.54) is 75.3 Å². The predicted octanol–water partition coefficient (Wildman–Crippen LogP) is 5.36. The van der Waals surface area contributed by atoms with Gasteiger partial charge in [0.05, 0.1) is 6.26 Å². The van der Waals surface area contributed by atoms with Crippen molar-refractivity contribution in [3.63, 3.8) is 0 Å². The fraction of sp³-hybridized carbons (Fsp3) is 0.765. The maximum atomic E-state index is 5.96. The number of furan rings is 1. The number of hydrogen-bond acceptors (Lipinski definition) is 1. The average Bonchev–Trinajstić information content (AvgIpc) is 2.88. The quantitative estimate of drug-likeness (QED) is 0.678. The summed E-state index contributed by atoms with van der Waals surface area (Å²) in [5.41, 5.74) is 4.73. The molecule has 0 atom stereocenters. The van der Waals surface area contributed by atoms with Crippen LogP contribution in [0.25, 0.3) is 0 Å². The lowest BCUT2D eigenvalue weighted by molar-refractivity contribution is 0.483. The molecule has 0 N–H and O–H groups in total. The molecule has 0 unspecified atom stereocenters. The third-order valence-electron chi connectivity index (χ3n) is 5.01. The Bertz CT molecular complexity index is 368. The van der Waals surface area contributed by atoms with Crippen molar-refractivity contribution in [1.29, 1.82) is 0 Å². The Hall–Kier alpha value is -0.290. The molecular formula is C17H27OP. The van der Waals surface area contributed by atoms with Crippen molar-refractivity contribution in [3.8, 4) is 0 Å². The van der Waals surface area contributed by atoms with Gasteiger partial charge in [-0.15, -0.1) is 0 Å². The van der Waals surface area contributed by atoms with E-state index in [2.05, 4.69) is 13.0 Å². The van der Waals surface area contributed by atoms with Gasteiger partial charge in [0.25, 0.3) is 0 Å². The third kappa shape index (κ3) is 3.07. The van der Waals surface area contributed by atoms with E-state index in [0.717, 1.165) is 11.3 Å². The van der Waals surface area contributed by atoms with Crippen molar-refractivity contribution >= 4 is 13.4 Å². The SMILES string of the molecule is Cc1ccoc1P(C1CCCCC1)C1CCCCC1. The van der Waals surface area contributed by atoms with Crippen molar-refractivity contribution in [2.24, 2.45) is 0 Å². The predicted molar refractivity (Wildman–Crippen MR) is 83.7 cm³/mol. The average molecular weight is 278 g/mol. The Labute approximate surface area is 118 Å². The molecule has 3 rings (SSSR count). The van der Waals surface area contributed by atoms with Gasteiger partial charge < -0.3 is 4.42 Å². The summed E-state index contributed by atoms with van der Waals surface area (Å²) in [5.74, 6) is 0. The van der Waals surface area contributed by atoms with Crippen LogP contribution in [0, 0.1) is 6.92 Å². The van der Waals surface area contributed by atoms with Gasteiger partial charge >= 0.3 is 0 Å². The van der Waals surface area contributed by atoms with Crippen LogP contribution in [-0.2, 0) is 0 Å². The monoisotopic (exact) mass is 278 g/mol. The molecule has 2 fully saturated rings. The molecule has 0 bridgehead atoms. The van der Waals surface area contributed by atoms with Gasteiger partial charge in [0.1, 0.15) is 5.50 Å². The summed E-state index contributed by atoms with van der Waals surface area (Å²) in [7, 11) is -0.0426. The molecule has 2 saturated carbocycles. The van der Waals surface area contributed by atoms with E-state index >= 15 is 0 Å². The molecule has 1 aromatic heterocycles. The van der Waals surface area contributed by atoms with Crippen LogP contribution in [0.15, 0.2) is 16.7 Å². The van der Waals surface area contributed by atoms with Gasteiger partial charge in [0, 0.05) is 0 Å². The van der Waals surface area contributed by atoms with E-state index < -0.39 is 0 Å². The van der Waals surface area contributed by atoms with Gasteiger partial charge in [-0.3, -0.25) is 0 Å². The zero-order valence-electron chi connectivity index (χ0n) is 12.2. The molecule has 2 heteroatoms. The van der Waals surface area contributed by atoms with Crippen LogP contribution in [0.4, 0.5) is 0 Å². The third-order valence-corrected chi connectivity index (χ3v) is 8.54. The lowest BCUT2D eigenvalue weighted by Gasteiger charge is -2.37. The fourth-order valence-corrected chi connectivity index (χ4v) is 7.74. The van der Waals surface area contributed by atoms with Gasteiger partial charge in [-0.05, 0) is 63.5 Å². The molecule has 2 aliphatic carbocycles. The van der Waals surface area contributed by atoms with Crippen molar-refractivity contribution in [1.82, 2.24) is 0 Å². The Morgan fingerprint density at radius 3 is 1.84 bits per heavy atom. The zero-order valence-corrected chi connectivity index (χ0v) is 13.1. The van der Waals surface area contributed by atoms with Crippen LogP contribution in [0.1, 0.15) is 69.8 Å². The zero-order chi connectivity index (χ0) is 13.1. The second kappa shape index (κ2) is 6.44. The summed E-state index contributed by atoms with van der Waals surface area (Å²) in [6.07, 6.45) is 16.5. The lowest BCUT2D eigenvalue weighted by atomic mass is 9.99. The first-order valence-electron chi connectivity index (χ1n) is 8.18. The largest absolute Gasteiger partial charge is 0.464 e. The van der Waals surface area contributed by atoms with Gasteiger partial charge in [-0.1, -0.05) is 38.5 Å². The van der Waals surface area contributed by atoms with E-state index in [1.807, 2.05) is 6.26 Å². The van der Waals surface area contributed by atoms with Crippen LogP contribution < -0.4 is 5.50 Å². The van der Waals surface area contributed by atoms with Crippen molar-refractivity contribution < 1.29 is 4.42 Å². The molecule has 2 aliphatic rings. The summed E-state index contributed by atoms with van der Waals surface area (Å²) < 4.78 is 5.96. The van der Waals surface area contributed by atoms with E-state index in [9.17, 15) is 0 Å². The molecule has 0 aromatic carbocycles. The molecule has 106 valence electrons. The smallest absolute Gasteiger partial charge is 0.128 e. The number of rotatable bonds is 3. The molecule has 0 aliphatic heterocycles. The molecule has 1 heterocycles. The van der Waals surface area contributed by atoms with Crippen LogP contribution in [0.2, 0.25) is 0 Å². The molecule has 1 nitrogen and oxygen atoms in total.